The van der Waals surface area contributed by atoms with Crippen molar-refractivity contribution >= 4 is 0 Å². The fraction of sp³-hybridized carbons (Fsp3) is 0.667. The molecule has 0 bridgehead atoms. The van der Waals surface area contributed by atoms with Crippen LogP contribution in [0.3, 0.4) is 0 Å². The van der Waals surface area contributed by atoms with E-state index in [0.717, 1.165) is 0 Å². The summed E-state index contributed by atoms with van der Waals surface area (Å²) in [6, 6.07) is 0. The lowest BCUT2D eigenvalue weighted by atomic mass is 9.95. The number of H-pyrrole nitrogens is 1. The summed E-state index contributed by atoms with van der Waals surface area (Å²) in [7, 11) is 2.03. The Morgan fingerprint density at radius 1 is 1.36 bits per heavy atom. The van der Waals surface area contributed by atoms with Gasteiger partial charge in [-0.2, -0.15) is 0 Å². The Morgan fingerprint density at radius 2 is 2.00 bits per heavy atom. The van der Waals surface area contributed by atoms with Gasteiger partial charge in [-0.15, -0.1) is 0 Å². The third kappa shape index (κ3) is 1.82. The van der Waals surface area contributed by atoms with E-state index < -0.39 is 0 Å². The molecule has 0 saturated carbocycles. The number of aromatic nitrogens is 2. The highest BCUT2D eigenvalue weighted by molar-refractivity contribution is 4.99. The van der Waals surface area contributed by atoms with E-state index in [1.54, 1.807) is 0 Å². The van der Waals surface area contributed by atoms with Crippen LogP contribution in [-0.2, 0) is 7.05 Å². The molecule has 1 heterocycles. The molecule has 0 aliphatic carbocycles. The Morgan fingerprint density at radius 3 is 2.36 bits per heavy atom. The molecule has 0 aliphatic rings. The summed E-state index contributed by atoms with van der Waals surface area (Å²) >= 11 is 0. The molecule has 0 aromatic carbocycles. The molecule has 1 unspecified atom stereocenters. The predicted molar refractivity (Wildman–Crippen MR) is 45.2 cm³/mol. The smallest absolute Gasteiger partial charge is 0.241 e. The van der Waals surface area contributed by atoms with E-state index in [0.29, 0.717) is 11.8 Å². The Labute approximate surface area is 68.3 Å². The molecule has 0 radical (unpaired) electrons. The summed E-state index contributed by atoms with van der Waals surface area (Å²) in [5, 5.41) is 0. The second kappa shape index (κ2) is 3.07. The molecule has 2 heteroatoms. The average molecular weight is 153 g/mol. The summed E-state index contributed by atoms with van der Waals surface area (Å²) in [5.41, 5.74) is 1.32. The van der Waals surface area contributed by atoms with Crippen molar-refractivity contribution < 1.29 is 4.57 Å². The van der Waals surface area contributed by atoms with Crippen molar-refractivity contribution in [2.24, 2.45) is 13.0 Å². The van der Waals surface area contributed by atoms with Gasteiger partial charge in [-0.25, -0.2) is 9.55 Å². The summed E-state index contributed by atoms with van der Waals surface area (Å²) in [6.45, 7) is 6.73. The van der Waals surface area contributed by atoms with E-state index in [1.165, 1.54) is 5.69 Å². The summed E-state index contributed by atoms with van der Waals surface area (Å²) < 4.78 is 2.05. The molecule has 2 nitrogen and oxygen atoms in total. The van der Waals surface area contributed by atoms with Crippen molar-refractivity contribution in [3.63, 3.8) is 0 Å². The molecule has 1 N–H and O–H groups in total. The second-order valence-corrected chi connectivity index (χ2v) is 3.56. The molecule has 0 aliphatic heterocycles. The molecule has 1 aromatic rings. The van der Waals surface area contributed by atoms with Crippen molar-refractivity contribution in [1.82, 2.24) is 4.98 Å². The van der Waals surface area contributed by atoms with Crippen molar-refractivity contribution in [2.75, 3.05) is 0 Å². The van der Waals surface area contributed by atoms with Gasteiger partial charge in [-0.05, 0) is 5.92 Å². The van der Waals surface area contributed by atoms with Gasteiger partial charge in [0.1, 0.15) is 11.9 Å². The first kappa shape index (κ1) is 8.31. The van der Waals surface area contributed by atoms with Gasteiger partial charge in [-0.3, -0.25) is 0 Å². The number of aromatic amines is 1. The summed E-state index contributed by atoms with van der Waals surface area (Å²) in [4.78, 5) is 3.25. The number of aryl methyl sites for hydroxylation is 1. The first-order valence-corrected chi connectivity index (χ1v) is 4.15. The number of nitrogens with one attached hydrogen (secondary N) is 1. The van der Waals surface area contributed by atoms with Crippen LogP contribution < -0.4 is 4.57 Å². The van der Waals surface area contributed by atoms with Crippen molar-refractivity contribution in [1.29, 1.82) is 0 Å². The van der Waals surface area contributed by atoms with Crippen LogP contribution in [0.2, 0.25) is 0 Å². The van der Waals surface area contributed by atoms with Gasteiger partial charge >= 0.3 is 0 Å². The van der Waals surface area contributed by atoms with Gasteiger partial charge in [-0.1, -0.05) is 20.8 Å². The molecule has 0 fully saturated rings. The molecule has 0 amide bonds. The summed E-state index contributed by atoms with van der Waals surface area (Å²) in [6.07, 6.45) is 4.12. The maximum Gasteiger partial charge on any atom is 0.241 e. The van der Waals surface area contributed by atoms with E-state index in [-0.39, 0.29) is 0 Å². The molecular formula is C9H17N2+. The Kier molecular flexibility index (Phi) is 2.32. The molecule has 1 atom stereocenters. The minimum atomic E-state index is 0.621. The quantitative estimate of drug-likeness (QED) is 0.623. The van der Waals surface area contributed by atoms with Crippen molar-refractivity contribution in [3.05, 3.63) is 18.2 Å². The predicted octanol–water partition coefficient (Wildman–Crippen LogP) is 1.60. The molecular weight excluding hydrogens is 136 g/mol. The van der Waals surface area contributed by atoms with E-state index in [2.05, 4.69) is 32.0 Å². The maximum atomic E-state index is 3.25. The van der Waals surface area contributed by atoms with Crippen LogP contribution in [0.15, 0.2) is 12.5 Å². The van der Waals surface area contributed by atoms with Crippen LogP contribution >= 0.6 is 0 Å². The average Bonchev–Trinajstić information content (AvgIpc) is 2.34. The fourth-order valence-corrected chi connectivity index (χ4v) is 1.08. The Balaban J connectivity index is 2.76. The minimum absolute atomic E-state index is 0.621. The standard InChI is InChI=1S/C9H16N2/c1-7(2)8(3)9-5-11(4)6-10-9/h5-8H,1-4H3/p+1. The molecule has 0 spiro atoms. The Bertz CT molecular complexity index is 225. The first-order chi connectivity index (χ1) is 5.11. The van der Waals surface area contributed by atoms with E-state index in [9.17, 15) is 0 Å². The minimum Gasteiger partial charge on any atom is -0.247 e. The lowest BCUT2D eigenvalue weighted by Crippen LogP contribution is -2.23. The van der Waals surface area contributed by atoms with Gasteiger partial charge in [0.2, 0.25) is 6.33 Å². The van der Waals surface area contributed by atoms with Crippen molar-refractivity contribution in [3.8, 4) is 0 Å². The normalized spacial score (nSPS) is 13.9. The number of rotatable bonds is 2. The number of imidazole rings is 1. The molecule has 1 aromatic heterocycles. The number of hydrogen-bond acceptors (Lipinski definition) is 0. The maximum absolute atomic E-state index is 3.25. The third-order valence-electron chi connectivity index (χ3n) is 2.27. The highest BCUT2D eigenvalue weighted by atomic mass is 15.0. The topological polar surface area (TPSA) is 19.7 Å². The molecule has 11 heavy (non-hydrogen) atoms. The van der Waals surface area contributed by atoms with Gasteiger partial charge in [0.15, 0.2) is 0 Å². The van der Waals surface area contributed by atoms with Crippen LogP contribution in [0.25, 0.3) is 0 Å². The fourth-order valence-electron chi connectivity index (χ4n) is 1.08. The monoisotopic (exact) mass is 153 g/mol. The number of nitrogens with zero attached hydrogens (tertiary/aromatic N) is 1. The molecule has 1 rings (SSSR count). The van der Waals surface area contributed by atoms with Crippen LogP contribution in [0, 0.1) is 5.92 Å². The van der Waals surface area contributed by atoms with Gasteiger partial charge in [0, 0.05) is 5.92 Å². The molecule has 62 valence electrons. The van der Waals surface area contributed by atoms with Gasteiger partial charge < -0.3 is 0 Å². The van der Waals surface area contributed by atoms with E-state index >= 15 is 0 Å². The van der Waals surface area contributed by atoms with E-state index in [1.807, 2.05) is 17.9 Å². The zero-order chi connectivity index (χ0) is 8.43. The SMILES string of the molecule is CC(C)C(C)c1c[n+](C)c[nH]1. The highest BCUT2D eigenvalue weighted by Gasteiger charge is 2.15. The van der Waals surface area contributed by atoms with Crippen LogP contribution in [-0.4, -0.2) is 4.98 Å². The number of hydrogen-bond donors (Lipinski definition) is 1. The van der Waals surface area contributed by atoms with Crippen LogP contribution in [0.1, 0.15) is 32.4 Å². The van der Waals surface area contributed by atoms with Crippen LogP contribution in [0.4, 0.5) is 0 Å². The second-order valence-electron chi connectivity index (χ2n) is 3.56. The highest BCUT2D eigenvalue weighted by Crippen LogP contribution is 2.19. The van der Waals surface area contributed by atoms with Gasteiger partial charge in [0.25, 0.3) is 0 Å². The largest absolute Gasteiger partial charge is 0.247 e. The lowest BCUT2D eigenvalue weighted by Gasteiger charge is -2.09. The van der Waals surface area contributed by atoms with Crippen molar-refractivity contribution in [2.45, 2.75) is 26.7 Å². The lowest BCUT2D eigenvalue weighted by molar-refractivity contribution is -0.670. The first-order valence-electron chi connectivity index (χ1n) is 4.15. The van der Waals surface area contributed by atoms with E-state index in [4.69, 9.17) is 0 Å². The Hall–Kier alpha value is -0.790. The zero-order valence-corrected chi connectivity index (χ0v) is 7.76. The summed E-state index contributed by atoms with van der Waals surface area (Å²) in [5.74, 6) is 1.32. The molecule has 0 saturated heterocycles. The van der Waals surface area contributed by atoms with Crippen LogP contribution in [0.5, 0.6) is 0 Å². The third-order valence-corrected chi connectivity index (χ3v) is 2.27. The zero-order valence-electron chi connectivity index (χ0n) is 7.76. The van der Waals surface area contributed by atoms with Gasteiger partial charge in [0.05, 0.1) is 7.05 Å².